The second-order valence-electron chi connectivity index (χ2n) is 22.8. The molecule has 2 atom stereocenters. The molecule has 0 aliphatic carbocycles. The van der Waals surface area contributed by atoms with Crippen molar-refractivity contribution in [3.05, 3.63) is 12.2 Å². The topological polar surface area (TPSA) is 95.9 Å². The van der Waals surface area contributed by atoms with Crippen molar-refractivity contribution in [1.82, 2.24) is 5.32 Å². The van der Waals surface area contributed by atoms with Crippen LogP contribution in [0.3, 0.4) is 0 Å². The molecule has 1 amide bonds. The molecule has 0 aromatic carbocycles. The summed E-state index contributed by atoms with van der Waals surface area (Å²) in [6, 6.07) is -0.626. The van der Waals surface area contributed by atoms with Crippen LogP contribution in [-0.4, -0.2) is 47.4 Å². The molecule has 2 unspecified atom stereocenters. The van der Waals surface area contributed by atoms with Crippen LogP contribution in [0, 0.1) is 0 Å². The number of hydrogen-bond acceptors (Lipinski definition) is 5. The van der Waals surface area contributed by atoms with E-state index in [-0.39, 0.29) is 18.5 Å². The van der Waals surface area contributed by atoms with E-state index >= 15 is 0 Å². The van der Waals surface area contributed by atoms with Gasteiger partial charge < -0.3 is 20.3 Å². The van der Waals surface area contributed by atoms with Crippen LogP contribution < -0.4 is 5.32 Å². The zero-order valence-corrected chi connectivity index (χ0v) is 48.9. The van der Waals surface area contributed by atoms with Crippen molar-refractivity contribution in [2.45, 2.75) is 386 Å². The number of carbonyl (C=O) groups excluding carboxylic acids is 2. The first kappa shape index (κ1) is 70.6. The lowest BCUT2D eigenvalue weighted by Gasteiger charge is -2.20. The van der Waals surface area contributed by atoms with Crippen molar-refractivity contribution >= 4 is 11.9 Å². The Kier molecular flexibility index (Phi) is 60.9. The summed E-state index contributed by atoms with van der Waals surface area (Å²) in [6.07, 6.45) is 75.5. The average molecular weight is 1020 g/mol. The molecular formula is C66H129NO5. The first-order chi connectivity index (χ1) is 35.5. The second-order valence-corrected chi connectivity index (χ2v) is 22.8. The molecule has 0 saturated carbocycles. The third-order valence-electron chi connectivity index (χ3n) is 15.6. The molecule has 0 bridgehead atoms. The van der Waals surface area contributed by atoms with Gasteiger partial charge in [0.2, 0.25) is 5.91 Å². The van der Waals surface area contributed by atoms with Crippen LogP contribution in [0.5, 0.6) is 0 Å². The summed E-state index contributed by atoms with van der Waals surface area (Å²) in [7, 11) is 0. The van der Waals surface area contributed by atoms with Gasteiger partial charge in [-0.25, -0.2) is 0 Å². The van der Waals surface area contributed by atoms with Crippen molar-refractivity contribution in [2.75, 3.05) is 13.2 Å². The van der Waals surface area contributed by atoms with Gasteiger partial charge in [0.25, 0.3) is 0 Å². The lowest BCUT2D eigenvalue weighted by atomic mass is 10.0. The summed E-state index contributed by atoms with van der Waals surface area (Å²) in [5, 5.41) is 23.1. The Morgan fingerprint density at radius 2 is 0.639 bits per heavy atom. The standard InChI is InChI=1S/C66H129NO5/c1-3-5-7-9-11-13-15-17-19-27-32-36-40-44-48-52-56-60-66(71)72-61-57-53-49-45-41-37-33-29-26-24-22-20-21-23-25-28-31-35-39-43-47-51-55-59-65(70)67-63(62-68)64(69)58-54-50-46-42-38-34-30-18-16-14-12-10-8-6-4-2/h54,58,63-64,68-69H,3-53,55-57,59-62H2,1-2H3,(H,67,70)/b58-54+. The maximum Gasteiger partial charge on any atom is 0.305 e. The highest BCUT2D eigenvalue weighted by atomic mass is 16.5. The fraction of sp³-hybridized carbons (Fsp3) is 0.939. The van der Waals surface area contributed by atoms with Gasteiger partial charge in [-0.05, 0) is 32.1 Å². The fourth-order valence-corrected chi connectivity index (χ4v) is 10.5. The molecule has 0 aliphatic heterocycles. The summed E-state index contributed by atoms with van der Waals surface area (Å²) in [5.74, 6) is -0.0462. The minimum atomic E-state index is -0.843. The smallest absolute Gasteiger partial charge is 0.305 e. The highest BCUT2D eigenvalue weighted by Gasteiger charge is 2.18. The van der Waals surface area contributed by atoms with Crippen molar-refractivity contribution in [3.63, 3.8) is 0 Å². The van der Waals surface area contributed by atoms with Gasteiger partial charge in [0, 0.05) is 12.8 Å². The molecular weight excluding hydrogens is 887 g/mol. The lowest BCUT2D eigenvalue weighted by molar-refractivity contribution is -0.143. The normalized spacial score (nSPS) is 12.6. The number of aliphatic hydroxyl groups is 2. The SMILES string of the molecule is CCCCCCCCCCCCCCC/C=C/C(O)C(CO)NC(=O)CCCCCCCCCCCCCCCCCCCCCCCCCOC(=O)CCCCCCCCCCCCCCCCCCC. The van der Waals surface area contributed by atoms with Gasteiger partial charge in [0.15, 0.2) is 0 Å². The van der Waals surface area contributed by atoms with Gasteiger partial charge in [-0.2, -0.15) is 0 Å². The van der Waals surface area contributed by atoms with Crippen LogP contribution in [0.1, 0.15) is 373 Å². The minimum absolute atomic E-state index is 0.0187. The van der Waals surface area contributed by atoms with E-state index in [0.29, 0.717) is 19.4 Å². The van der Waals surface area contributed by atoms with E-state index in [1.807, 2.05) is 6.08 Å². The maximum atomic E-state index is 12.5. The Bertz CT molecular complexity index is 1080. The quantitative estimate of drug-likeness (QED) is 0.0320. The molecule has 0 aliphatic rings. The van der Waals surface area contributed by atoms with E-state index < -0.39 is 12.1 Å². The van der Waals surface area contributed by atoms with E-state index in [0.717, 1.165) is 38.5 Å². The molecule has 0 radical (unpaired) electrons. The van der Waals surface area contributed by atoms with Crippen LogP contribution in [-0.2, 0) is 14.3 Å². The van der Waals surface area contributed by atoms with E-state index in [2.05, 4.69) is 19.2 Å². The van der Waals surface area contributed by atoms with Crippen LogP contribution in [0.2, 0.25) is 0 Å². The first-order valence-electron chi connectivity index (χ1n) is 33.0. The molecule has 6 heteroatoms. The third kappa shape index (κ3) is 57.9. The highest BCUT2D eigenvalue weighted by molar-refractivity contribution is 5.76. The van der Waals surface area contributed by atoms with Crippen LogP contribution in [0.25, 0.3) is 0 Å². The molecule has 72 heavy (non-hydrogen) atoms. The molecule has 0 rings (SSSR count). The van der Waals surface area contributed by atoms with Gasteiger partial charge in [-0.1, -0.05) is 341 Å². The number of carbonyl (C=O) groups is 2. The summed E-state index contributed by atoms with van der Waals surface area (Å²) in [5.41, 5.74) is 0. The first-order valence-corrected chi connectivity index (χ1v) is 33.0. The molecule has 3 N–H and O–H groups in total. The zero-order valence-electron chi connectivity index (χ0n) is 48.9. The van der Waals surface area contributed by atoms with Crippen LogP contribution in [0.4, 0.5) is 0 Å². The number of allylic oxidation sites excluding steroid dienone is 1. The number of unbranched alkanes of at least 4 members (excludes halogenated alkanes) is 51. The number of amides is 1. The second kappa shape index (κ2) is 62.1. The third-order valence-corrected chi connectivity index (χ3v) is 15.6. The van der Waals surface area contributed by atoms with Gasteiger partial charge in [0.1, 0.15) is 0 Å². The van der Waals surface area contributed by atoms with Crippen molar-refractivity contribution in [3.8, 4) is 0 Å². The molecule has 0 aromatic heterocycles. The molecule has 0 fully saturated rings. The number of ether oxygens (including phenoxy) is 1. The number of rotatable bonds is 62. The summed E-state index contributed by atoms with van der Waals surface area (Å²) in [6.45, 7) is 4.94. The zero-order chi connectivity index (χ0) is 52.2. The monoisotopic (exact) mass is 1020 g/mol. The van der Waals surface area contributed by atoms with Gasteiger partial charge in [-0.15, -0.1) is 0 Å². The van der Waals surface area contributed by atoms with Gasteiger partial charge in [0.05, 0.1) is 25.4 Å². The predicted octanol–water partition coefficient (Wildman–Crippen LogP) is 20.8. The fourth-order valence-electron chi connectivity index (χ4n) is 10.5. The minimum Gasteiger partial charge on any atom is -0.466 e. The average Bonchev–Trinajstić information content (AvgIpc) is 3.38. The molecule has 0 heterocycles. The Hall–Kier alpha value is -1.40. The molecule has 6 nitrogen and oxygen atoms in total. The van der Waals surface area contributed by atoms with Crippen LogP contribution >= 0.6 is 0 Å². The molecule has 428 valence electrons. The number of nitrogens with one attached hydrogen (secondary N) is 1. The van der Waals surface area contributed by atoms with Crippen LogP contribution in [0.15, 0.2) is 12.2 Å². The van der Waals surface area contributed by atoms with E-state index in [4.69, 9.17) is 4.74 Å². The molecule has 0 aromatic rings. The van der Waals surface area contributed by atoms with E-state index in [1.54, 1.807) is 6.08 Å². The summed E-state index contributed by atoms with van der Waals surface area (Å²) < 4.78 is 5.50. The van der Waals surface area contributed by atoms with Crippen molar-refractivity contribution in [2.24, 2.45) is 0 Å². The molecule has 0 saturated heterocycles. The highest BCUT2D eigenvalue weighted by Crippen LogP contribution is 2.19. The van der Waals surface area contributed by atoms with Crippen molar-refractivity contribution < 1.29 is 24.5 Å². The van der Waals surface area contributed by atoms with E-state index in [9.17, 15) is 19.8 Å². The van der Waals surface area contributed by atoms with Gasteiger partial charge >= 0.3 is 5.97 Å². The van der Waals surface area contributed by atoms with Gasteiger partial charge in [-0.3, -0.25) is 9.59 Å². The Morgan fingerprint density at radius 3 is 0.944 bits per heavy atom. The lowest BCUT2D eigenvalue weighted by Crippen LogP contribution is -2.45. The largest absolute Gasteiger partial charge is 0.466 e. The Labute approximate surface area is 450 Å². The number of aliphatic hydroxyl groups excluding tert-OH is 2. The van der Waals surface area contributed by atoms with E-state index in [1.165, 1.54) is 308 Å². The van der Waals surface area contributed by atoms with Crippen molar-refractivity contribution in [1.29, 1.82) is 0 Å². The Balaban J connectivity index is 3.36. The summed E-state index contributed by atoms with van der Waals surface area (Å²) in [4.78, 5) is 24.6. The predicted molar refractivity (Wildman–Crippen MR) is 315 cm³/mol. The summed E-state index contributed by atoms with van der Waals surface area (Å²) >= 11 is 0. The Morgan fingerprint density at radius 1 is 0.375 bits per heavy atom. The maximum absolute atomic E-state index is 12.5. The molecule has 0 spiro atoms. The number of hydrogen-bond donors (Lipinski definition) is 3. The number of esters is 1.